The van der Waals surface area contributed by atoms with Crippen LogP contribution in [-0.4, -0.2) is 41.7 Å². The van der Waals surface area contributed by atoms with Crippen LogP contribution in [0.25, 0.3) is 0 Å². The molecule has 0 saturated carbocycles. The van der Waals surface area contributed by atoms with E-state index < -0.39 is 0 Å². The lowest BCUT2D eigenvalue weighted by molar-refractivity contribution is 0.190. The van der Waals surface area contributed by atoms with E-state index in [9.17, 15) is 0 Å². The molecule has 0 spiro atoms. The normalized spacial score (nSPS) is 19.5. The molecule has 1 unspecified atom stereocenters. The average Bonchev–Trinajstić information content (AvgIpc) is 2.95. The maximum atomic E-state index is 5.41. The Hall–Kier alpha value is -0.890. The van der Waals surface area contributed by atoms with Crippen molar-refractivity contribution in [3.63, 3.8) is 0 Å². The number of nitrogens with zero attached hydrogens (tertiary/aromatic N) is 3. The van der Waals surface area contributed by atoms with Crippen molar-refractivity contribution < 1.29 is 4.52 Å². The summed E-state index contributed by atoms with van der Waals surface area (Å²) >= 11 is 5.21. The van der Waals surface area contributed by atoms with E-state index in [-0.39, 0.29) is 6.04 Å². The molecule has 3 rings (SSSR count). The van der Waals surface area contributed by atoms with E-state index in [2.05, 4.69) is 68.5 Å². The summed E-state index contributed by atoms with van der Waals surface area (Å²) < 4.78 is 6.51. The van der Waals surface area contributed by atoms with E-state index in [0.29, 0.717) is 11.6 Å². The number of aryl methyl sites for hydroxylation is 1. The van der Waals surface area contributed by atoms with Gasteiger partial charge < -0.3 is 9.84 Å². The number of hydrogen-bond donors (Lipinski definition) is 1. The lowest BCUT2D eigenvalue weighted by Gasteiger charge is -2.30. The lowest BCUT2D eigenvalue weighted by atomic mass is 10.2. The maximum Gasteiger partial charge on any atom is 0.237 e. The quantitative estimate of drug-likeness (QED) is 0.820. The maximum absolute atomic E-state index is 5.41. The first-order chi connectivity index (χ1) is 10.6. The number of aromatic nitrogens is 2. The molecule has 1 N–H and O–H groups in total. The van der Waals surface area contributed by atoms with Gasteiger partial charge >= 0.3 is 0 Å². The molecular weight excluding hydrogens is 364 g/mol. The average molecular weight is 383 g/mol. The van der Waals surface area contributed by atoms with Gasteiger partial charge in [0, 0.05) is 29.0 Å². The molecule has 2 aromatic rings. The van der Waals surface area contributed by atoms with Gasteiger partial charge in [0.15, 0.2) is 5.82 Å². The van der Waals surface area contributed by atoms with Crippen molar-refractivity contribution in [2.45, 2.75) is 23.6 Å². The van der Waals surface area contributed by atoms with Gasteiger partial charge in [0.1, 0.15) is 0 Å². The number of hydrogen-bond acceptors (Lipinski definition) is 6. The fourth-order valence-electron chi connectivity index (χ4n) is 2.47. The van der Waals surface area contributed by atoms with Crippen molar-refractivity contribution in [3.05, 3.63) is 40.0 Å². The van der Waals surface area contributed by atoms with Gasteiger partial charge in [0.05, 0.1) is 11.8 Å². The molecule has 22 heavy (non-hydrogen) atoms. The second kappa shape index (κ2) is 7.12. The zero-order valence-electron chi connectivity index (χ0n) is 12.7. The number of piperazine rings is 1. The summed E-state index contributed by atoms with van der Waals surface area (Å²) in [6.45, 7) is 4.99. The fourth-order valence-corrected chi connectivity index (χ4v) is 3.79. The van der Waals surface area contributed by atoms with Crippen LogP contribution < -0.4 is 5.32 Å². The van der Waals surface area contributed by atoms with Gasteiger partial charge in [-0.3, -0.25) is 4.90 Å². The second-order valence-electron chi connectivity index (χ2n) is 5.45. The van der Waals surface area contributed by atoms with E-state index in [1.165, 1.54) is 10.5 Å². The molecule has 118 valence electrons. The molecule has 0 radical (unpaired) electrons. The van der Waals surface area contributed by atoms with Crippen LogP contribution >= 0.6 is 27.7 Å². The Labute approximate surface area is 143 Å². The zero-order valence-corrected chi connectivity index (χ0v) is 15.1. The molecule has 0 amide bonds. The number of nitrogens with one attached hydrogen (secondary N) is 1. The van der Waals surface area contributed by atoms with Crippen molar-refractivity contribution in [3.8, 4) is 0 Å². The van der Waals surface area contributed by atoms with Crippen LogP contribution in [0.15, 0.2) is 32.1 Å². The smallest absolute Gasteiger partial charge is 0.237 e. The Morgan fingerprint density at radius 3 is 3.14 bits per heavy atom. The Bertz CT molecular complexity index is 648. The number of thioether (sulfide) groups is 1. The molecule has 0 bridgehead atoms. The van der Waals surface area contributed by atoms with Crippen LogP contribution in [0.2, 0.25) is 0 Å². The van der Waals surface area contributed by atoms with Crippen molar-refractivity contribution in [2.24, 2.45) is 0 Å². The van der Waals surface area contributed by atoms with Crippen LogP contribution in [-0.2, 0) is 5.75 Å². The van der Waals surface area contributed by atoms with E-state index in [4.69, 9.17) is 4.52 Å². The van der Waals surface area contributed by atoms with Gasteiger partial charge in [0.2, 0.25) is 5.89 Å². The highest BCUT2D eigenvalue weighted by atomic mass is 79.9. The van der Waals surface area contributed by atoms with E-state index >= 15 is 0 Å². The summed E-state index contributed by atoms with van der Waals surface area (Å²) in [7, 11) is 2.10. The van der Waals surface area contributed by atoms with Crippen LogP contribution in [0.3, 0.4) is 0 Å². The van der Waals surface area contributed by atoms with Gasteiger partial charge in [-0.2, -0.15) is 4.98 Å². The van der Waals surface area contributed by atoms with Gasteiger partial charge in [-0.15, -0.1) is 11.8 Å². The molecule has 1 fully saturated rings. The van der Waals surface area contributed by atoms with Crippen LogP contribution in [0.1, 0.15) is 23.3 Å². The molecule has 0 aliphatic carbocycles. The summed E-state index contributed by atoms with van der Waals surface area (Å²) in [5, 5.41) is 7.52. The number of benzene rings is 1. The van der Waals surface area contributed by atoms with Crippen LogP contribution in [0.5, 0.6) is 0 Å². The number of rotatable bonds is 4. The van der Waals surface area contributed by atoms with E-state index in [1.807, 2.05) is 0 Å². The second-order valence-corrected chi connectivity index (χ2v) is 7.38. The molecular formula is C15H19BrN4OS. The monoisotopic (exact) mass is 382 g/mol. The van der Waals surface area contributed by atoms with Crippen molar-refractivity contribution in [1.82, 2.24) is 20.4 Å². The van der Waals surface area contributed by atoms with Crippen molar-refractivity contribution >= 4 is 27.7 Å². The third kappa shape index (κ3) is 3.71. The highest BCUT2D eigenvalue weighted by Crippen LogP contribution is 2.28. The van der Waals surface area contributed by atoms with Gasteiger partial charge in [-0.05, 0) is 37.7 Å². The third-order valence-corrected chi connectivity index (χ3v) is 5.43. The van der Waals surface area contributed by atoms with E-state index in [0.717, 1.165) is 29.9 Å². The first kappa shape index (κ1) is 16.0. The molecule has 5 nitrogen and oxygen atoms in total. The van der Waals surface area contributed by atoms with Crippen molar-refractivity contribution in [1.29, 1.82) is 0 Å². The number of likely N-dealkylation sites (N-methyl/N-ethyl adjacent to an activating group) is 1. The fraction of sp³-hybridized carbons (Fsp3) is 0.467. The minimum atomic E-state index is 0.200. The van der Waals surface area contributed by atoms with E-state index in [1.54, 1.807) is 11.8 Å². The highest BCUT2D eigenvalue weighted by molar-refractivity contribution is 9.10. The first-order valence-corrected chi connectivity index (χ1v) is 9.04. The first-order valence-electron chi connectivity index (χ1n) is 7.26. The Kier molecular flexibility index (Phi) is 5.18. The predicted octanol–water partition coefficient (Wildman–Crippen LogP) is 3.01. The zero-order chi connectivity index (χ0) is 15.5. The van der Waals surface area contributed by atoms with Crippen LogP contribution in [0.4, 0.5) is 0 Å². The van der Waals surface area contributed by atoms with Gasteiger partial charge in [-0.1, -0.05) is 21.1 Å². The minimum absolute atomic E-state index is 0.200. The molecule has 1 aromatic carbocycles. The topological polar surface area (TPSA) is 54.2 Å². The van der Waals surface area contributed by atoms with Gasteiger partial charge in [-0.25, -0.2) is 0 Å². The largest absolute Gasteiger partial charge is 0.338 e. The summed E-state index contributed by atoms with van der Waals surface area (Å²) in [6, 6.07) is 6.48. The predicted molar refractivity (Wildman–Crippen MR) is 91.0 cm³/mol. The summed E-state index contributed by atoms with van der Waals surface area (Å²) in [6.07, 6.45) is 0. The summed E-state index contributed by atoms with van der Waals surface area (Å²) in [5.41, 5.74) is 1.25. The highest BCUT2D eigenvalue weighted by Gasteiger charge is 2.25. The Morgan fingerprint density at radius 1 is 1.50 bits per heavy atom. The molecule has 1 aromatic heterocycles. The molecule has 1 saturated heterocycles. The molecule has 1 aliphatic rings. The van der Waals surface area contributed by atoms with Crippen LogP contribution in [0, 0.1) is 6.92 Å². The number of halogens is 1. The standard InChI is InChI=1S/C15H19BrN4OS/c1-10-7-11(16)3-4-13(10)22-9-14-18-15(19-21-14)12-8-17-5-6-20(12)2/h3-4,7,12,17H,5-6,8-9H2,1-2H3. The molecule has 2 heterocycles. The molecule has 1 aliphatic heterocycles. The summed E-state index contributed by atoms with van der Waals surface area (Å²) in [4.78, 5) is 8.05. The lowest BCUT2D eigenvalue weighted by Crippen LogP contribution is -2.44. The minimum Gasteiger partial charge on any atom is -0.338 e. The van der Waals surface area contributed by atoms with Crippen molar-refractivity contribution in [2.75, 3.05) is 26.7 Å². The SMILES string of the molecule is Cc1cc(Br)ccc1SCc1nc(C2CNCCN2C)no1. The third-order valence-electron chi connectivity index (χ3n) is 3.78. The molecule has 1 atom stereocenters. The Morgan fingerprint density at radius 2 is 2.36 bits per heavy atom. The Balaban J connectivity index is 1.64. The molecule has 7 heteroatoms. The van der Waals surface area contributed by atoms with Gasteiger partial charge in [0.25, 0.3) is 0 Å². The summed E-state index contributed by atoms with van der Waals surface area (Å²) in [5.74, 6) is 2.15.